The molecular formula is C25H24F3N3O4. The number of nitrogen functional groups attached to an aromatic ring is 1. The smallest absolute Gasteiger partial charge is 0.490 e. The first-order valence-electron chi connectivity index (χ1n) is 11.0. The van der Waals surface area contributed by atoms with Gasteiger partial charge >= 0.3 is 12.1 Å². The molecule has 0 saturated heterocycles. The average molecular weight is 487 g/mol. The minimum absolute atomic E-state index is 0.0427. The maximum Gasteiger partial charge on any atom is 0.490 e. The maximum atomic E-state index is 13.0. The van der Waals surface area contributed by atoms with Crippen LogP contribution in [-0.2, 0) is 23.0 Å². The summed E-state index contributed by atoms with van der Waals surface area (Å²) >= 11 is 0. The molecule has 2 aromatic carbocycles. The number of hydrogen-bond donors (Lipinski definition) is 1. The third-order valence-electron chi connectivity index (χ3n) is 6.21. The molecule has 1 aromatic heterocycles. The van der Waals surface area contributed by atoms with Gasteiger partial charge in [-0.1, -0.05) is 48.5 Å². The van der Waals surface area contributed by atoms with E-state index in [9.17, 15) is 22.8 Å². The topological polar surface area (TPSA) is 96.4 Å². The van der Waals surface area contributed by atoms with Crippen molar-refractivity contribution in [1.29, 1.82) is 0 Å². The van der Waals surface area contributed by atoms with Crippen LogP contribution >= 0.6 is 0 Å². The van der Waals surface area contributed by atoms with Gasteiger partial charge in [0.05, 0.1) is 18.4 Å². The minimum Gasteiger partial charge on any atom is -0.496 e. The Morgan fingerprint density at radius 1 is 1.14 bits per heavy atom. The second-order valence-electron chi connectivity index (χ2n) is 8.37. The molecule has 0 radical (unpaired) electrons. The lowest BCUT2D eigenvalue weighted by atomic mass is 9.81. The molecule has 3 aromatic rings. The lowest BCUT2D eigenvalue weighted by molar-refractivity contribution is -0.206. The van der Waals surface area contributed by atoms with Gasteiger partial charge < -0.3 is 15.2 Å². The van der Waals surface area contributed by atoms with Crippen LogP contribution in [0.1, 0.15) is 41.7 Å². The highest BCUT2D eigenvalue weighted by molar-refractivity contribution is 5.76. The Labute approximate surface area is 199 Å². The number of carbonyl (C=O) groups excluding carboxylic acids is 1. The monoisotopic (exact) mass is 487 g/mol. The first-order valence-corrected chi connectivity index (χ1v) is 11.0. The number of anilines is 1. The second-order valence-corrected chi connectivity index (χ2v) is 8.37. The molecule has 0 spiro atoms. The van der Waals surface area contributed by atoms with E-state index in [-0.39, 0.29) is 29.5 Å². The van der Waals surface area contributed by atoms with Crippen LogP contribution in [0.15, 0.2) is 53.3 Å². The van der Waals surface area contributed by atoms with Crippen LogP contribution in [-0.4, -0.2) is 28.8 Å². The first-order chi connectivity index (χ1) is 16.6. The summed E-state index contributed by atoms with van der Waals surface area (Å²) in [6.45, 7) is 0. The highest BCUT2D eigenvalue weighted by Gasteiger charge is 2.44. The molecule has 2 unspecified atom stereocenters. The average Bonchev–Trinajstić information content (AvgIpc) is 2.83. The molecule has 184 valence electrons. The van der Waals surface area contributed by atoms with Gasteiger partial charge in [0.25, 0.3) is 5.56 Å². The predicted molar refractivity (Wildman–Crippen MR) is 123 cm³/mol. The summed E-state index contributed by atoms with van der Waals surface area (Å²) in [5.74, 6) is -2.11. The van der Waals surface area contributed by atoms with E-state index in [0.29, 0.717) is 18.6 Å². The van der Waals surface area contributed by atoms with Gasteiger partial charge in [-0.05, 0) is 30.4 Å². The molecule has 0 fully saturated rings. The summed E-state index contributed by atoms with van der Waals surface area (Å²) in [4.78, 5) is 28.8. The van der Waals surface area contributed by atoms with Crippen LogP contribution in [0.5, 0.6) is 5.75 Å². The number of para-hydroxylation sites is 1. The van der Waals surface area contributed by atoms with E-state index in [1.165, 1.54) is 7.05 Å². The van der Waals surface area contributed by atoms with Crippen molar-refractivity contribution in [2.24, 2.45) is 7.05 Å². The molecule has 2 N–H and O–H groups in total. The largest absolute Gasteiger partial charge is 0.496 e. The quantitative estimate of drug-likeness (QED) is 0.539. The van der Waals surface area contributed by atoms with Crippen molar-refractivity contribution in [3.8, 4) is 16.9 Å². The van der Waals surface area contributed by atoms with Crippen molar-refractivity contribution in [3.05, 3.63) is 75.7 Å². The van der Waals surface area contributed by atoms with Crippen LogP contribution in [0.2, 0.25) is 0 Å². The standard InChI is InChI=1S/C25H24F3N3O4/c1-31-22(32)19-18(35-23(33)25(26,27)28)12-11-15(20(19)30-24(31)29)13-16-9-6-10-17(21(16)34-2)14-7-4-3-5-8-14/h3-10,15,18H,11-13H2,1-2H3,(H2,29,30). The number of aromatic nitrogens is 2. The molecule has 1 aliphatic carbocycles. The van der Waals surface area contributed by atoms with Crippen molar-refractivity contribution in [3.63, 3.8) is 0 Å². The molecule has 0 saturated carbocycles. The Hall–Kier alpha value is -3.82. The van der Waals surface area contributed by atoms with Gasteiger partial charge in [-0.25, -0.2) is 9.78 Å². The van der Waals surface area contributed by atoms with Gasteiger partial charge in [-0.3, -0.25) is 9.36 Å². The summed E-state index contributed by atoms with van der Waals surface area (Å²) in [7, 11) is 2.93. The Kier molecular flexibility index (Phi) is 6.56. The zero-order chi connectivity index (χ0) is 25.3. The van der Waals surface area contributed by atoms with Crippen molar-refractivity contribution >= 4 is 11.9 Å². The predicted octanol–water partition coefficient (Wildman–Crippen LogP) is 4.30. The number of methoxy groups -OCH3 is 1. The highest BCUT2D eigenvalue weighted by atomic mass is 19.4. The first kappa shape index (κ1) is 24.3. The minimum atomic E-state index is -5.17. The lowest BCUT2D eigenvalue weighted by Gasteiger charge is -2.31. The normalized spacial score (nSPS) is 17.5. The number of nitrogens with zero attached hydrogens (tertiary/aromatic N) is 2. The van der Waals surface area contributed by atoms with Gasteiger partial charge in [-0.2, -0.15) is 13.2 Å². The van der Waals surface area contributed by atoms with Gasteiger partial charge in [0, 0.05) is 18.5 Å². The Morgan fingerprint density at radius 3 is 2.51 bits per heavy atom. The zero-order valence-corrected chi connectivity index (χ0v) is 19.1. The van der Waals surface area contributed by atoms with Crippen molar-refractivity contribution in [1.82, 2.24) is 9.55 Å². The van der Waals surface area contributed by atoms with E-state index in [0.717, 1.165) is 21.3 Å². The fraction of sp³-hybridized carbons (Fsp3) is 0.320. The number of rotatable bonds is 5. The summed E-state index contributed by atoms with van der Waals surface area (Å²) in [6.07, 6.45) is -5.76. The van der Waals surface area contributed by atoms with Crippen LogP contribution in [0.25, 0.3) is 11.1 Å². The Morgan fingerprint density at radius 2 is 1.86 bits per heavy atom. The summed E-state index contributed by atoms with van der Waals surface area (Å²) in [5, 5.41) is 0. The number of esters is 1. The molecule has 35 heavy (non-hydrogen) atoms. The molecule has 7 nitrogen and oxygen atoms in total. The molecule has 2 atom stereocenters. The number of fused-ring (bicyclic) bond motifs is 1. The van der Waals surface area contributed by atoms with Crippen LogP contribution in [0.4, 0.5) is 19.1 Å². The number of halogens is 3. The summed E-state index contributed by atoms with van der Waals surface area (Å²) in [6, 6.07) is 15.4. The molecule has 0 bridgehead atoms. The van der Waals surface area contributed by atoms with Crippen LogP contribution in [0.3, 0.4) is 0 Å². The molecular weight excluding hydrogens is 463 g/mol. The van der Waals surface area contributed by atoms with E-state index < -0.39 is 23.8 Å². The molecule has 10 heteroatoms. The number of hydrogen-bond acceptors (Lipinski definition) is 6. The molecule has 1 heterocycles. The SMILES string of the molecule is COc1c(CC2CCC(OC(=O)C(F)(F)F)c3c2nc(N)n(C)c3=O)cccc1-c1ccccc1. The van der Waals surface area contributed by atoms with E-state index in [1.54, 1.807) is 7.11 Å². The van der Waals surface area contributed by atoms with Crippen molar-refractivity contribution < 1.29 is 27.4 Å². The number of ether oxygens (including phenoxy) is 2. The van der Waals surface area contributed by atoms with E-state index in [4.69, 9.17) is 15.2 Å². The number of carbonyl (C=O) groups is 1. The number of nitrogens with two attached hydrogens (primary N) is 1. The zero-order valence-electron chi connectivity index (χ0n) is 19.1. The lowest BCUT2D eigenvalue weighted by Crippen LogP contribution is -2.36. The Balaban J connectivity index is 1.74. The van der Waals surface area contributed by atoms with Crippen molar-refractivity contribution in [2.75, 3.05) is 12.8 Å². The molecule has 0 amide bonds. The third-order valence-corrected chi connectivity index (χ3v) is 6.21. The molecule has 4 rings (SSSR count). The van der Waals surface area contributed by atoms with Gasteiger partial charge in [0.15, 0.2) is 0 Å². The fourth-order valence-corrected chi connectivity index (χ4v) is 4.51. The second kappa shape index (κ2) is 9.44. The van der Waals surface area contributed by atoms with Crippen LogP contribution in [0, 0.1) is 0 Å². The maximum absolute atomic E-state index is 13.0. The number of alkyl halides is 3. The van der Waals surface area contributed by atoms with Crippen LogP contribution < -0.4 is 16.0 Å². The third kappa shape index (κ3) is 4.73. The fourth-order valence-electron chi connectivity index (χ4n) is 4.51. The van der Waals surface area contributed by atoms with E-state index in [2.05, 4.69) is 4.98 Å². The van der Waals surface area contributed by atoms with Gasteiger partial charge in [0.2, 0.25) is 5.95 Å². The summed E-state index contributed by atoms with van der Waals surface area (Å²) < 4.78 is 50.0. The molecule has 1 aliphatic rings. The highest BCUT2D eigenvalue weighted by Crippen LogP contribution is 2.42. The molecule has 0 aliphatic heterocycles. The summed E-state index contributed by atoms with van der Waals surface area (Å²) in [5.41, 5.74) is 8.13. The van der Waals surface area contributed by atoms with E-state index in [1.807, 2.05) is 48.5 Å². The van der Waals surface area contributed by atoms with Gasteiger partial charge in [0.1, 0.15) is 11.9 Å². The van der Waals surface area contributed by atoms with E-state index >= 15 is 0 Å². The van der Waals surface area contributed by atoms with Crippen molar-refractivity contribution in [2.45, 2.75) is 37.5 Å². The Bertz CT molecular complexity index is 1310. The number of benzene rings is 2. The van der Waals surface area contributed by atoms with Gasteiger partial charge in [-0.15, -0.1) is 0 Å².